The van der Waals surface area contributed by atoms with Crippen LogP contribution in [-0.4, -0.2) is 27.5 Å². The van der Waals surface area contributed by atoms with Crippen molar-refractivity contribution < 1.29 is 17.9 Å². The van der Waals surface area contributed by atoms with Gasteiger partial charge in [-0.05, 0) is 54.3 Å². The third-order valence-electron chi connectivity index (χ3n) is 4.11. The van der Waals surface area contributed by atoms with Crippen LogP contribution in [0, 0.1) is 0 Å². The predicted molar refractivity (Wildman–Crippen MR) is 107 cm³/mol. The molecule has 6 nitrogen and oxygen atoms in total. The zero-order valence-corrected chi connectivity index (χ0v) is 17.1. The largest absolute Gasteiger partial charge is 0.497 e. The molecule has 0 saturated carbocycles. The highest BCUT2D eigenvalue weighted by atomic mass is 32.2. The second-order valence-electron chi connectivity index (χ2n) is 7.34. The molecule has 0 spiro atoms. The highest BCUT2D eigenvalue weighted by molar-refractivity contribution is 7.89. The Morgan fingerprint density at radius 1 is 1.00 bits per heavy atom. The molecule has 0 aliphatic heterocycles. The van der Waals surface area contributed by atoms with Crippen LogP contribution in [0.1, 0.15) is 33.3 Å². The second-order valence-corrected chi connectivity index (χ2v) is 9.05. The first-order chi connectivity index (χ1) is 12.5. The molecular formula is C20H26N2O4S. The minimum atomic E-state index is -3.81. The lowest BCUT2D eigenvalue weighted by molar-refractivity contribution is -0.117. The number of carbonyl (C=O) groups excluding carboxylic acids is 1. The molecule has 0 radical (unpaired) electrons. The lowest BCUT2D eigenvalue weighted by Gasteiger charge is -2.19. The second kappa shape index (κ2) is 8.10. The van der Waals surface area contributed by atoms with E-state index in [4.69, 9.17) is 4.74 Å². The minimum Gasteiger partial charge on any atom is -0.497 e. The number of anilines is 1. The van der Waals surface area contributed by atoms with E-state index >= 15 is 0 Å². The van der Waals surface area contributed by atoms with Gasteiger partial charge in [-0.3, -0.25) is 4.79 Å². The molecule has 0 aliphatic rings. The van der Waals surface area contributed by atoms with Crippen LogP contribution >= 0.6 is 0 Å². The Bertz CT molecular complexity index is 883. The molecule has 7 heteroatoms. The van der Waals surface area contributed by atoms with Crippen LogP contribution in [0.2, 0.25) is 0 Å². The Morgan fingerprint density at radius 2 is 1.56 bits per heavy atom. The standard InChI is InChI=1S/C20H26N2O4S/c1-14(22-27(24,25)18-12-10-17(26-5)11-13-18)19(23)21-16-8-6-15(7-9-16)20(2,3)4/h6-14,22H,1-5H3,(H,21,23)/t14-/m0/s1. The molecule has 146 valence electrons. The first-order valence-electron chi connectivity index (χ1n) is 8.61. The van der Waals surface area contributed by atoms with Gasteiger partial charge in [0.2, 0.25) is 15.9 Å². The molecule has 0 fully saturated rings. The van der Waals surface area contributed by atoms with Crippen molar-refractivity contribution in [2.45, 2.75) is 44.0 Å². The average Bonchev–Trinajstić information content (AvgIpc) is 2.61. The summed E-state index contributed by atoms with van der Waals surface area (Å²) in [6.45, 7) is 7.82. The van der Waals surface area contributed by atoms with Crippen molar-refractivity contribution >= 4 is 21.6 Å². The monoisotopic (exact) mass is 390 g/mol. The van der Waals surface area contributed by atoms with E-state index in [0.29, 0.717) is 11.4 Å². The Labute approximate surface area is 161 Å². The van der Waals surface area contributed by atoms with Gasteiger partial charge in [-0.25, -0.2) is 8.42 Å². The van der Waals surface area contributed by atoms with E-state index in [1.807, 2.05) is 24.3 Å². The summed E-state index contributed by atoms with van der Waals surface area (Å²) in [5.74, 6) is 0.119. The summed E-state index contributed by atoms with van der Waals surface area (Å²) in [4.78, 5) is 12.4. The third-order valence-corrected chi connectivity index (χ3v) is 5.67. The van der Waals surface area contributed by atoms with Crippen LogP contribution in [0.25, 0.3) is 0 Å². The van der Waals surface area contributed by atoms with Crippen LogP contribution < -0.4 is 14.8 Å². The van der Waals surface area contributed by atoms with E-state index in [-0.39, 0.29) is 10.3 Å². The van der Waals surface area contributed by atoms with Gasteiger partial charge in [0.05, 0.1) is 18.0 Å². The lowest BCUT2D eigenvalue weighted by atomic mass is 9.87. The minimum absolute atomic E-state index is 0.0177. The van der Waals surface area contributed by atoms with E-state index in [1.165, 1.54) is 26.2 Å². The number of hydrogen-bond donors (Lipinski definition) is 2. The summed E-state index contributed by atoms with van der Waals surface area (Å²) < 4.78 is 32.2. The third kappa shape index (κ3) is 5.55. The molecule has 0 aromatic heterocycles. The van der Waals surface area contributed by atoms with Crippen molar-refractivity contribution in [2.75, 3.05) is 12.4 Å². The fourth-order valence-corrected chi connectivity index (χ4v) is 3.62. The number of benzene rings is 2. The van der Waals surface area contributed by atoms with E-state index < -0.39 is 22.0 Å². The van der Waals surface area contributed by atoms with Crippen LogP contribution in [-0.2, 0) is 20.2 Å². The summed E-state index contributed by atoms with van der Waals surface area (Å²) in [5, 5.41) is 2.73. The first kappa shape index (κ1) is 20.9. The molecule has 2 aromatic carbocycles. The van der Waals surface area contributed by atoms with Crippen molar-refractivity contribution in [3.05, 3.63) is 54.1 Å². The fraction of sp³-hybridized carbons (Fsp3) is 0.350. The molecule has 0 saturated heterocycles. The normalized spacial score (nSPS) is 13.1. The van der Waals surface area contributed by atoms with E-state index in [2.05, 4.69) is 30.8 Å². The van der Waals surface area contributed by atoms with Crippen molar-refractivity contribution in [1.82, 2.24) is 4.72 Å². The van der Waals surface area contributed by atoms with Gasteiger partial charge in [0, 0.05) is 5.69 Å². The van der Waals surface area contributed by atoms with Crippen molar-refractivity contribution in [1.29, 1.82) is 0 Å². The van der Waals surface area contributed by atoms with Gasteiger partial charge in [-0.1, -0.05) is 32.9 Å². The number of methoxy groups -OCH3 is 1. The van der Waals surface area contributed by atoms with Crippen LogP contribution in [0.3, 0.4) is 0 Å². The molecule has 1 amide bonds. The summed E-state index contributed by atoms with van der Waals surface area (Å²) in [5.41, 5.74) is 1.78. The molecular weight excluding hydrogens is 364 g/mol. The molecule has 1 atom stereocenters. The number of amides is 1. The number of ether oxygens (including phenoxy) is 1. The van der Waals surface area contributed by atoms with Crippen LogP contribution in [0.4, 0.5) is 5.69 Å². The number of sulfonamides is 1. The van der Waals surface area contributed by atoms with E-state index in [9.17, 15) is 13.2 Å². The van der Waals surface area contributed by atoms with E-state index in [1.54, 1.807) is 12.1 Å². The van der Waals surface area contributed by atoms with Gasteiger partial charge in [-0.15, -0.1) is 0 Å². The summed E-state index contributed by atoms with van der Waals surface area (Å²) in [7, 11) is -2.31. The maximum atomic E-state index is 12.4. The van der Waals surface area contributed by atoms with E-state index in [0.717, 1.165) is 5.56 Å². The topological polar surface area (TPSA) is 84.5 Å². The zero-order valence-electron chi connectivity index (χ0n) is 16.2. The van der Waals surface area contributed by atoms with Crippen molar-refractivity contribution in [3.8, 4) is 5.75 Å². The highest BCUT2D eigenvalue weighted by Gasteiger charge is 2.22. The number of rotatable bonds is 6. The molecule has 0 heterocycles. The summed E-state index contributed by atoms with van der Waals surface area (Å²) in [6, 6.07) is 12.5. The van der Waals surface area contributed by atoms with Gasteiger partial charge in [0.15, 0.2) is 0 Å². The maximum absolute atomic E-state index is 12.4. The molecule has 2 aromatic rings. The van der Waals surface area contributed by atoms with Crippen molar-refractivity contribution in [2.24, 2.45) is 0 Å². The number of carbonyl (C=O) groups is 1. The fourth-order valence-electron chi connectivity index (χ4n) is 2.41. The zero-order chi connectivity index (χ0) is 20.2. The summed E-state index contributed by atoms with van der Waals surface area (Å²) >= 11 is 0. The Balaban J connectivity index is 2.03. The molecule has 2 rings (SSSR count). The molecule has 0 bridgehead atoms. The highest BCUT2D eigenvalue weighted by Crippen LogP contribution is 2.23. The van der Waals surface area contributed by atoms with Gasteiger partial charge in [0.25, 0.3) is 0 Å². The smallest absolute Gasteiger partial charge is 0.242 e. The number of nitrogens with one attached hydrogen (secondary N) is 2. The van der Waals surface area contributed by atoms with Crippen LogP contribution in [0.15, 0.2) is 53.4 Å². The average molecular weight is 391 g/mol. The quantitative estimate of drug-likeness (QED) is 0.793. The predicted octanol–water partition coefficient (Wildman–Crippen LogP) is 3.30. The van der Waals surface area contributed by atoms with Crippen molar-refractivity contribution in [3.63, 3.8) is 0 Å². The first-order valence-corrected chi connectivity index (χ1v) is 10.1. The van der Waals surface area contributed by atoms with Gasteiger partial charge in [-0.2, -0.15) is 4.72 Å². The van der Waals surface area contributed by atoms with Crippen LogP contribution in [0.5, 0.6) is 5.75 Å². The Morgan fingerprint density at radius 3 is 2.04 bits per heavy atom. The molecule has 27 heavy (non-hydrogen) atoms. The molecule has 0 aliphatic carbocycles. The molecule has 2 N–H and O–H groups in total. The molecule has 0 unspecified atom stereocenters. The maximum Gasteiger partial charge on any atom is 0.242 e. The Kier molecular flexibility index (Phi) is 6.28. The SMILES string of the molecule is COc1ccc(S(=O)(=O)N[C@@H](C)C(=O)Nc2ccc(C(C)(C)C)cc2)cc1. The summed E-state index contributed by atoms with van der Waals surface area (Å²) in [6.07, 6.45) is 0. The number of hydrogen-bond acceptors (Lipinski definition) is 4. The lowest BCUT2D eigenvalue weighted by Crippen LogP contribution is -2.41. The Hall–Kier alpha value is -2.38. The van der Waals surface area contributed by atoms with Gasteiger partial charge in [0.1, 0.15) is 5.75 Å². The van der Waals surface area contributed by atoms with Gasteiger partial charge >= 0.3 is 0 Å². The van der Waals surface area contributed by atoms with Gasteiger partial charge < -0.3 is 10.1 Å².